The van der Waals surface area contributed by atoms with E-state index < -0.39 is 23.6 Å². The molecule has 3 amide bonds. The van der Waals surface area contributed by atoms with Crippen molar-refractivity contribution in [3.63, 3.8) is 0 Å². The highest BCUT2D eigenvalue weighted by molar-refractivity contribution is 5.96. The quantitative estimate of drug-likeness (QED) is 0.303. The van der Waals surface area contributed by atoms with Gasteiger partial charge in [-0.05, 0) is 52.7 Å². The van der Waals surface area contributed by atoms with E-state index in [-0.39, 0.29) is 17.4 Å². The molecule has 2 rings (SSSR count). The average molecular weight is 530 g/mol. The Hall–Kier alpha value is -4.09. The van der Waals surface area contributed by atoms with Crippen molar-refractivity contribution in [2.24, 2.45) is 5.73 Å². The van der Waals surface area contributed by atoms with Gasteiger partial charge >= 0.3 is 6.09 Å². The molecule has 0 unspecified atom stereocenters. The van der Waals surface area contributed by atoms with Crippen LogP contribution in [0.2, 0.25) is 0 Å². The van der Waals surface area contributed by atoms with Crippen LogP contribution in [0.4, 0.5) is 22.1 Å². The third-order valence-electron chi connectivity index (χ3n) is 5.40. The molecule has 0 aliphatic rings. The molecule has 0 saturated carbocycles. The Morgan fingerprint density at radius 1 is 1.16 bits per heavy atom. The van der Waals surface area contributed by atoms with Gasteiger partial charge in [-0.2, -0.15) is 0 Å². The summed E-state index contributed by atoms with van der Waals surface area (Å²) in [6, 6.07) is 6.47. The Morgan fingerprint density at radius 3 is 2.47 bits per heavy atom. The molecule has 0 aliphatic carbocycles. The number of carbonyl (C=O) groups excluding carboxylic acids is 3. The number of primary amides is 1. The average Bonchev–Trinajstić information content (AvgIpc) is 2.86. The van der Waals surface area contributed by atoms with Gasteiger partial charge in [-0.25, -0.2) is 14.8 Å². The molecule has 0 saturated heterocycles. The zero-order chi connectivity index (χ0) is 28.5. The number of nitrogens with zero attached hydrogens (tertiary/aromatic N) is 3. The third-order valence-corrected chi connectivity index (χ3v) is 5.40. The third kappa shape index (κ3) is 8.79. The van der Waals surface area contributed by atoms with Crippen LogP contribution in [0.15, 0.2) is 24.3 Å². The summed E-state index contributed by atoms with van der Waals surface area (Å²) in [5.41, 5.74) is 6.21. The number of benzene rings is 1. The van der Waals surface area contributed by atoms with Crippen LogP contribution in [0.1, 0.15) is 57.2 Å². The first-order chi connectivity index (χ1) is 17.9. The first kappa shape index (κ1) is 30.1. The number of anilines is 3. The number of hydrogen-bond donors (Lipinski definition) is 4. The maximum absolute atomic E-state index is 12.4. The summed E-state index contributed by atoms with van der Waals surface area (Å²) in [6.07, 6.45) is 0.579. The molecule has 0 radical (unpaired) electrons. The summed E-state index contributed by atoms with van der Waals surface area (Å²) >= 11 is 0. The van der Waals surface area contributed by atoms with Crippen molar-refractivity contribution in [1.82, 2.24) is 20.2 Å². The highest BCUT2D eigenvalue weighted by atomic mass is 16.6. The number of nitrogens with one attached hydrogen (secondary N) is 3. The van der Waals surface area contributed by atoms with E-state index in [1.54, 1.807) is 59.0 Å². The Morgan fingerprint density at radius 2 is 1.87 bits per heavy atom. The van der Waals surface area contributed by atoms with Crippen molar-refractivity contribution in [2.75, 3.05) is 37.9 Å². The number of aromatic nitrogens is 2. The van der Waals surface area contributed by atoms with E-state index in [1.165, 1.54) is 11.9 Å². The van der Waals surface area contributed by atoms with Crippen LogP contribution in [-0.4, -0.2) is 71.7 Å². The van der Waals surface area contributed by atoms with Gasteiger partial charge in [-0.3, -0.25) is 14.5 Å². The normalized spacial score (nSPS) is 11.8. The van der Waals surface area contributed by atoms with E-state index in [2.05, 4.69) is 25.9 Å². The summed E-state index contributed by atoms with van der Waals surface area (Å²) in [4.78, 5) is 46.6. The van der Waals surface area contributed by atoms with Crippen LogP contribution in [0.5, 0.6) is 5.75 Å². The molecule has 38 heavy (non-hydrogen) atoms. The second-order valence-corrected chi connectivity index (χ2v) is 9.60. The molecule has 208 valence electrons. The molecule has 0 fully saturated rings. The minimum atomic E-state index is -0.684. The maximum atomic E-state index is 12.4. The fraction of sp³-hybridized carbons (Fsp3) is 0.500. The van der Waals surface area contributed by atoms with Gasteiger partial charge in [-0.1, -0.05) is 13.0 Å². The second kappa shape index (κ2) is 13.5. The van der Waals surface area contributed by atoms with Gasteiger partial charge < -0.3 is 31.2 Å². The molecule has 1 atom stereocenters. The van der Waals surface area contributed by atoms with Crippen molar-refractivity contribution >= 4 is 35.2 Å². The number of ether oxygens (including phenoxy) is 2. The van der Waals surface area contributed by atoms with Crippen LogP contribution >= 0.6 is 0 Å². The number of likely N-dealkylation sites (N-methyl/N-ethyl adjacent to an activating group) is 1. The minimum Gasteiger partial charge on any atom is -0.493 e. The second-order valence-electron chi connectivity index (χ2n) is 9.60. The van der Waals surface area contributed by atoms with E-state index in [4.69, 9.17) is 15.2 Å². The zero-order valence-corrected chi connectivity index (χ0v) is 23.2. The highest BCUT2D eigenvalue weighted by Crippen LogP contribution is 2.24. The summed E-state index contributed by atoms with van der Waals surface area (Å²) < 4.78 is 11.1. The minimum absolute atomic E-state index is 0.0504. The molecule has 12 nitrogen and oxygen atoms in total. The van der Waals surface area contributed by atoms with Gasteiger partial charge in [-0.15, -0.1) is 0 Å². The van der Waals surface area contributed by atoms with Crippen molar-refractivity contribution in [1.29, 1.82) is 0 Å². The fourth-order valence-corrected chi connectivity index (χ4v) is 3.27. The Kier molecular flexibility index (Phi) is 10.7. The fourth-order valence-electron chi connectivity index (χ4n) is 3.27. The summed E-state index contributed by atoms with van der Waals surface area (Å²) in [6.45, 7) is 9.58. The van der Waals surface area contributed by atoms with E-state index in [0.717, 1.165) is 0 Å². The maximum Gasteiger partial charge on any atom is 0.410 e. The van der Waals surface area contributed by atoms with Crippen molar-refractivity contribution in [2.45, 2.75) is 59.1 Å². The lowest BCUT2D eigenvalue weighted by Gasteiger charge is -2.28. The molecule has 1 aromatic carbocycles. The largest absolute Gasteiger partial charge is 0.493 e. The first-order valence-corrected chi connectivity index (χ1v) is 12.5. The number of rotatable bonds is 12. The van der Waals surface area contributed by atoms with Gasteiger partial charge in [0.2, 0.25) is 5.91 Å². The molecule has 12 heteroatoms. The number of hydrogen-bond acceptors (Lipinski definition) is 9. The lowest BCUT2D eigenvalue weighted by atomic mass is 10.2. The first-order valence-electron chi connectivity index (χ1n) is 12.5. The van der Waals surface area contributed by atoms with Crippen molar-refractivity contribution in [3.05, 3.63) is 35.7 Å². The van der Waals surface area contributed by atoms with E-state index >= 15 is 0 Å². The highest BCUT2D eigenvalue weighted by Gasteiger charge is 2.26. The Bertz CT molecular complexity index is 1130. The monoisotopic (exact) mass is 529 g/mol. The van der Waals surface area contributed by atoms with Crippen molar-refractivity contribution < 1.29 is 23.9 Å². The predicted octanol–water partition coefficient (Wildman–Crippen LogP) is 3.06. The number of amides is 3. The predicted molar refractivity (Wildman–Crippen MR) is 146 cm³/mol. The molecule has 0 spiro atoms. The van der Waals surface area contributed by atoms with Crippen LogP contribution in [0.25, 0.3) is 0 Å². The molecular formula is C26H39N7O5. The smallest absolute Gasteiger partial charge is 0.410 e. The van der Waals surface area contributed by atoms with Crippen LogP contribution in [-0.2, 0) is 16.0 Å². The van der Waals surface area contributed by atoms with Crippen LogP contribution in [0.3, 0.4) is 0 Å². The standard InChI is InChI=1S/C26H39N7O5/c1-8-19-22(28-6)32-23(20(31-19)21(27)34)30-17-11-9-12-18(15-17)37-14-10-13-29-24(35)16(2)33(7)25(36)38-26(3,4)5/h9,11-12,15-16H,8,10,13-14H2,1-7H3,(H2,27,34)(H,29,35)(H2,28,30,32)/t16-/m0/s1. The summed E-state index contributed by atoms with van der Waals surface area (Å²) in [5, 5.41) is 8.87. The Balaban J connectivity index is 1.90. The topological polar surface area (TPSA) is 161 Å². The summed E-state index contributed by atoms with van der Waals surface area (Å²) in [7, 11) is 3.26. The number of aryl methyl sites for hydroxylation is 1. The van der Waals surface area contributed by atoms with Gasteiger partial charge in [0.1, 0.15) is 23.2 Å². The zero-order valence-electron chi connectivity index (χ0n) is 23.2. The lowest BCUT2D eigenvalue weighted by Crippen LogP contribution is -2.47. The molecular weight excluding hydrogens is 490 g/mol. The van der Waals surface area contributed by atoms with E-state index in [9.17, 15) is 14.4 Å². The van der Waals surface area contributed by atoms with Crippen LogP contribution in [0, 0.1) is 0 Å². The van der Waals surface area contributed by atoms with Crippen molar-refractivity contribution in [3.8, 4) is 5.75 Å². The van der Waals surface area contributed by atoms with E-state index in [0.29, 0.717) is 48.9 Å². The molecule has 1 heterocycles. The SMILES string of the molecule is CCc1nc(C(N)=O)c(Nc2cccc(OCCCNC(=O)[C@H](C)N(C)C(=O)OC(C)(C)C)c2)nc1NC. The lowest BCUT2D eigenvalue weighted by molar-refractivity contribution is -0.125. The van der Waals surface area contributed by atoms with Gasteiger partial charge in [0.15, 0.2) is 11.5 Å². The molecule has 5 N–H and O–H groups in total. The molecule has 2 aromatic rings. The number of nitrogens with two attached hydrogens (primary N) is 1. The summed E-state index contributed by atoms with van der Waals surface area (Å²) in [5.74, 6) is 0.418. The van der Waals surface area contributed by atoms with Gasteiger partial charge in [0, 0.05) is 32.4 Å². The van der Waals surface area contributed by atoms with Gasteiger partial charge in [0.25, 0.3) is 5.91 Å². The Labute approximate surface area is 223 Å². The van der Waals surface area contributed by atoms with Gasteiger partial charge in [0.05, 0.1) is 12.3 Å². The molecule has 0 aliphatic heterocycles. The number of carbonyl (C=O) groups is 3. The van der Waals surface area contributed by atoms with E-state index in [1.807, 2.05) is 6.92 Å². The molecule has 0 bridgehead atoms. The molecule has 1 aromatic heterocycles. The van der Waals surface area contributed by atoms with Crippen LogP contribution < -0.4 is 26.4 Å².